The van der Waals surface area contributed by atoms with E-state index in [2.05, 4.69) is 15.3 Å². The van der Waals surface area contributed by atoms with E-state index in [9.17, 15) is 0 Å². The average molecular weight is 287 g/mol. The van der Waals surface area contributed by atoms with Crippen LogP contribution in [0.5, 0.6) is 0 Å². The fraction of sp³-hybridized carbons (Fsp3) is 0.111. The molecule has 0 bridgehead atoms. The Morgan fingerprint density at radius 3 is 2.69 bits per heavy atom. The Hall–Kier alpha value is -0.910. The Kier molecular flexibility index (Phi) is 2.58. The number of rotatable bonds is 2. The molecule has 68 valence electrons. The van der Waals surface area contributed by atoms with Crippen molar-refractivity contribution < 1.29 is 25.7 Å². The summed E-state index contributed by atoms with van der Waals surface area (Å²) in [6.45, 7) is 0. The predicted molar refractivity (Wildman–Crippen MR) is 44.4 cm³/mol. The Morgan fingerprint density at radius 2 is 2.00 bits per heavy atom. The van der Waals surface area contributed by atoms with Crippen LogP contribution in [0.1, 0.15) is 0 Å². The summed E-state index contributed by atoms with van der Waals surface area (Å²) < 4.78 is 6.01. The van der Waals surface area contributed by atoms with Gasteiger partial charge in [0.2, 0.25) is 0 Å². The van der Waals surface area contributed by atoms with Gasteiger partial charge < -0.3 is 0 Å². The van der Waals surface area contributed by atoms with Crippen molar-refractivity contribution in [3.8, 4) is 11.3 Å². The molecule has 1 aromatic carbocycles. The summed E-state index contributed by atoms with van der Waals surface area (Å²) in [4.78, 5) is 2.13. The van der Waals surface area contributed by atoms with Crippen LogP contribution in [0.15, 0.2) is 34.9 Å². The summed E-state index contributed by atoms with van der Waals surface area (Å²) >= 11 is -0.0922. The molecular weight excluding hydrogens is 279 g/mol. The average Bonchev–Trinajstić information content (AvgIpc) is 2.67. The number of hydrogen-bond acceptors (Lipinski definition) is 3. The first kappa shape index (κ1) is 8.68. The fourth-order valence-electron chi connectivity index (χ4n) is 1.07. The molecule has 0 aliphatic rings. The van der Waals surface area contributed by atoms with Gasteiger partial charge in [-0.1, -0.05) is 0 Å². The van der Waals surface area contributed by atoms with Crippen LogP contribution in [0, 0.1) is 3.77 Å². The van der Waals surface area contributed by atoms with Gasteiger partial charge in [0.05, 0.1) is 0 Å². The number of benzene rings is 1. The summed E-state index contributed by atoms with van der Waals surface area (Å²) in [5, 5.41) is 7.54. The Bertz CT molecular complexity index is 386. The normalized spacial score (nSPS) is 10.5. The van der Waals surface area contributed by atoms with Crippen molar-refractivity contribution in [1.29, 1.82) is 0 Å². The van der Waals surface area contributed by atoms with Crippen LogP contribution in [-0.2, 0) is 0 Å². The number of aromatic nitrogens is 2. The van der Waals surface area contributed by atoms with Gasteiger partial charge >= 0.3 is 86.4 Å². The van der Waals surface area contributed by atoms with E-state index in [0.717, 1.165) is 15.0 Å². The molecule has 0 fully saturated rings. The molecule has 0 saturated carbocycles. The SMILES string of the molecule is C[I-]c1onnc1-c1ccccc1. The Balaban J connectivity index is 2.47. The molecule has 0 aliphatic heterocycles. The molecule has 1 aromatic heterocycles. The predicted octanol–water partition coefficient (Wildman–Crippen LogP) is -1.37. The number of hydrogen-bond donors (Lipinski definition) is 0. The zero-order valence-corrected chi connectivity index (χ0v) is 9.22. The first-order valence-electron chi connectivity index (χ1n) is 3.79. The maximum atomic E-state index is 5.06. The maximum absolute atomic E-state index is 5.06. The second-order valence-corrected chi connectivity index (χ2v) is 4.51. The molecule has 3 nitrogen and oxygen atoms in total. The van der Waals surface area contributed by atoms with Crippen LogP contribution in [0.2, 0.25) is 0 Å². The molecular formula is C9H8IN2O-. The van der Waals surface area contributed by atoms with E-state index in [1.165, 1.54) is 0 Å². The summed E-state index contributed by atoms with van der Waals surface area (Å²) in [5.74, 6) is 0. The van der Waals surface area contributed by atoms with E-state index >= 15 is 0 Å². The van der Waals surface area contributed by atoms with Crippen molar-refractivity contribution in [2.75, 3.05) is 4.93 Å². The van der Waals surface area contributed by atoms with Crippen molar-refractivity contribution in [1.82, 2.24) is 10.4 Å². The zero-order valence-electron chi connectivity index (χ0n) is 7.07. The molecule has 0 saturated heterocycles. The van der Waals surface area contributed by atoms with E-state index < -0.39 is 0 Å². The first-order chi connectivity index (χ1) is 6.42. The van der Waals surface area contributed by atoms with Gasteiger partial charge in [-0.3, -0.25) is 0 Å². The van der Waals surface area contributed by atoms with E-state index in [-0.39, 0.29) is 21.2 Å². The van der Waals surface area contributed by atoms with Crippen molar-refractivity contribution in [2.24, 2.45) is 0 Å². The van der Waals surface area contributed by atoms with E-state index in [1.807, 2.05) is 30.3 Å². The topological polar surface area (TPSA) is 38.9 Å². The number of alkyl halides is 1. The van der Waals surface area contributed by atoms with Gasteiger partial charge in [0.1, 0.15) is 0 Å². The van der Waals surface area contributed by atoms with Crippen molar-refractivity contribution in [3.63, 3.8) is 0 Å². The van der Waals surface area contributed by atoms with Gasteiger partial charge in [-0.15, -0.1) is 0 Å². The third-order valence-corrected chi connectivity index (χ3v) is 3.35. The van der Waals surface area contributed by atoms with Gasteiger partial charge in [-0.05, 0) is 0 Å². The second-order valence-electron chi connectivity index (χ2n) is 2.45. The van der Waals surface area contributed by atoms with E-state index in [1.54, 1.807) is 0 Å². The van der Waals surface area contributed by atoms with Gasteiger partial charge in [0.15, 0.2) is 0 Å². The quantitative estimate of drug-likeness (QED) is 0.505. The molecule has 0 spiro atoms. The monoisotopic (exact) mass is 287 g/mol. The number of halogens is 1. The fourth-order valence-corrected chi connectivity index (χ4v) is 2.29. The molecule has 0 aliphatic carbocycles. The molecule has 4 heteroatoms. The molecule has 0 unspecified atom stereocenters. The first-order valence-corrected chi connectivity index (χ1v) is 7.02. The molecule has 0 atom stereocenters. The van der Waals surface area contributed by atoms with Crippen molar-refractivity contribution in [3.05, 3.63) is 34.1 Å². The third-order valence-electron chi connectivity index (χ3n) is 1.67. The zero-order chi connectivity index (χ0) is 9.10. The van der Waals surface area contributed by atoms with Gasteiger partial charge in [-0.25, -0.2) is 0 Å². The molecule has 2 rings (SSSR count). The van der Waals surface area contributed by atoms with E-state index in [0.29, 0.717) is 0 Å². The minimum atomic E-state index is -0.0922. The summed E-state index contributed by atoms with van der Waals surface area (Å²) in [5.41, 5.74) is 1.98. The summed E-state index contributed by atoms with van der Waals surface area (Å²) in [7, 11) is 0. The van der Waals surface area contributed by atoms with Crippen LogP contribution in [0.3, 0.4) is 0 Å². The van der Waals surface area contributed by atoms with Crippen LogP contribution in [0.4, 0.5) is 0 Å². The van der Waals surface area contributed by atoms with Crippen molar-refractivity contribution in [2.45, 2.75) is 0 Å². The van der Waals surface area contributed by atoms with Crippen molar-refractivity contribution >= 4 is 0 Å². The van der Waals surface area contributed by atoms with Gasteiger partial charge in [0.25, 0.3) is 0 Å². The van der Waals surface area contributed by atoms with Crippen LogP contribution in [-0.4, -0.2) is 15.3 Å². The minimum absolute atomic E-state index is 0.0922. The Morgan fingerprint density at radius 1 is 1.23 bits per heavy atom. The van der Waals surface area contributed by atoms with Crippen LogP contribution < -0.4 is 21.2 Å². The molecule has 0 radical (unpaired) electrons. The molecule has 0 amide bonds. The van der Waals surface area contributed by atoms with Gasteiger partial charge in [0, 0.05) is 0 Å². The third kappa shape index (κ3) is 1.72. The number of nitrogens with zero attached hydrogens (tertiary/aromatic N) is 2. The molecule has 13 heavy (non-hydrogen) atoms. The standard InChI is InChI=1S/C9H8IN2O/c1-10-9-8(11-12-13-9)7-5-3-2-4-6-7/h2-6H,1H3/q-1. The molecule has 1 heterocycles. The summed E-state index contributed by atoms with van der Waals surface area (Å²) in [6.07, 6.45) is 0. The van der Waals surface area contributed by atoms with Gasteiger partial charge in [-0.2, -0.15) is 0 Å². The summed E-state index contributed by atoms with van der Waals surface area (Å²) in [6, 6.07) is 9.99. The second kappa shape index (κ2) is 3.87. The Labute approximate surface area is 86.4 Å². The van der Waals surface area contributed by atoms with Crippen LogP contribution in [0.25, 0.3) is 11.3 Å². The van der Waals surface area contributed by atoms with Crippen LogP contribution >= 0.6 is 0 Å². The van der Waals surface area contributed by atoms with E-state index in [4.69, 9.17) is 4.52 Å². The molecule has 0 N–H and O–H groups in total. The molecule has 2 aromatic rings.